The number of H-pyrrole nitrogens is 1. The van der Waals surface area contributed by atoms with Crippen LogP contribution in [0.25, 0.3) is 10.9 Å². The molecule has 2 aliphatic rings. The highest BCUT2D eigenvalue weighted by Crippen LogP contribution is 2.36. The summed E-state index contributed by atoms with van der Waals surface area (Å²) in [4.78, 5) is 15.4. The van der Waals surface area contributed by atoms with Gasteiger partial charge in [-0.1, -0.05) is 0 Å². The average molecular weight is 440 g/mol. The zero-order valence-electron chi connectivity index (χ0n) is 18.3. The topological polar surface area (TPSA) is 110 Å². The SMILES string of the molecule is CN1CCC(COc2cc(OC3CCOCC3)c3c(Nc4ncn[nH]4)ncnc3c2)CC1. The zero-order chi connectivity index (χ0) is 21.8. The fourth-order valence-corrected chi connectivity index (χ4v) is 4.19. The van der Waals surface area contributed by atoms with Gasteiger partial charge in [-0.2, -0.15) is 10.1 Å². The molecule has 10 heteroatoms. The molecule has 0 unspecified atom stereocenters. The van der Waals surface area contributed by atoms with Gasteiger partial charge in [-0.25, -0.2) is 15.1 Å². The van der Waals surface area contributed by atoms with Crippen molar-refractivity contribution < 1.29 is 14.2 Å². The molecule has 0 amide bonds. The Bertz CT molecular complexity index is 1020. The molecular formula is C22H29N7O3. The molecule has 2 fully saturated rings. The Kier molecular flexibility index (Phi) is 6.31. The number of hydrogen-bond donors (Lipinski definition) is 2. The van der Waals surface area contributed by atoms with Gasteiger partial charge in [0.25, 0.3) is 0 Å². The number of anilines is 2. The van der Waals surface area contributed by atoms with Crippen molar-refractivity contribution in [1.82, 2.24) is 30.0 Å². The number of aromatic nitrogens is 5. The number of hydrogen-bond acceptors (Lipinski definition) is 9. The maximum Gasteiger partial charge on any atom is 0.224 e. The number of nitrogens with one attached hydrogen (secondary N) is 2. The van der Waals surface area contributed by atoms with Crippen molar-refractivity contribution >= 4 is 22.7 Å². The number of fused-ring (bicyclic) bond motifs is 1. The Morgan fingerprint density at radius 3 is 2.72 bits per heavy atom. The van der Waals surface area contributed by atoms with Crippen LogP contribution in [0.3, 0.4) is 0 Å². The van der Waals surface area contributed by atoms with Gasteiger partial charge >= 0.3 is 0 Å². The van der Waals surface area contributed by atoms with Crippen molar-refractivity contribution in [3.05, 3.63) is 24.8 Å². The molecule has 2 N–H and O–H groups in total. The highest BCUT2D eigenvalue weighted by molar-refractivity contribution is 5.96. The monoisotopic (exact) mass is 439 g/mol. The van der Waals surface area contributed by atoms with Gasteiger partial charge in [-0.3, -0.25) is 0 Å². The molecule has 0 atom stereocenters. The maximum absolute atomic E-state index is 6.44. The molecule has 10 nitrogen and oxygen atoms in total. The zero-order valence-corrected chi connectivity index (χ0v) is 18.3. The minimum Gasteiger partial charge on any atom is -0.493 e. The number of aromatic amines is 1. The first-order valence-electron chi connectivity index (χ1n) is 11.2. The van der Waals surface area contributed by atoms with Crippen LogP contribution in [0.5, 0.6) is 11.5 Å². The van der Waals surface area contributed by atoms with Crippen molar-refractivity contribution in [2.75, 3.05) is 45.3 Å². The lowest BCUT2D eigenvalue weighted by Gasteiger charge is -2.29. The molecule has 5 rings (SSSR count). The highest BCUT2D eigenvalue weighted by Gasteiger charge is 2.21. The van der Waals surface area contributed by atoms with Crippen molar-refractivity contribution in [3.8, 4) is 11.5 Å². The Morgan fingerprint density at radius 2 is 1.94 bits per heavy atom. The molecule has 2 saturated heterocycles. The number of ether oxygens (including phenoxy) is 3. The lowest BCUT2D eigenvalue weighted by atomic mass is 9.98. The summed E-state index contributed by atoms with van der Waals surface area (Å²) in [6.07, 6.45) is 7.06. The smallest absolute Gasteiger partial charge is 0.224 e. The molecule has 0 saturated carbocycles. The van der Waals surface area contributed by atoms with E-state index < -0.39 is 0 Å². The van der Waals surface area contributed by atoms with Crippen molar-refractivity contribution in [2.24, 2.45) is 5.92 Å². The number of rotatable bonds is 7. The summed E-state index contributed by atoms with van der Waals surface area (Å²) < 4.78 is 18.2. The van der Waals surface area contributed by atoms with Gasteiger partial charge in [0.05, 0.1) is 30.7 Å². The third-order valence-corrected chi connectivity index (χ3v) is 6.11. The molecule has 2 aliphatic heterocycles. The van der Waals surface area contributed by atoms with Gasteiger partial charge in [0.1, 0.15) is 36.1 Å². The van der Waals surface area contributed by atoms with Crippen LogP contribution in [-0.4, -0.2) is 76.1 Å². The van der Waals surface area contributed by atoms with Crippen LogP contribution in [0.15, 0.2) is 24.8 Å². The number of piperidine rings is 1. The van der Waals surface area contributed by atoms with Crippen LogP contribution >= 0.6 is 0 Å². The largest absolute Gasteiger partial charge is 0.493 e. The van der Waals surface area contributed by atoms with Gasteiger partial charge in [-0.05, 0) is 38.9 Å². The second-order valence-electron chi connectivity index (χ2n) is 8.48. The third kappa shape index (κ3) is 4.91. The Hall–Kier alpha value is -2.98. The van der Waals surface area contributed by atoms with Crippen molar-refractivity contribution in [1.29, 1.82) is 0 Å². The molecular weight excluding hydrogens is 410 g/mol. The first-order valence-corrected chi connectivity index (χ1v) is 11.2. The van der Waals surface area contributed by atoms with E-state index in [1.54, 1.807) is 0 Å². The van der Waals surface area contributed by atoms with Crippen LogP contribution in [-0.2, 0) is 4.74 Å². The summed E-state index contributed by atoms with van der Waals surface area (Å²) in [7, 11) is 2.17. The molecule has 2 aromatic heterocycles. The summed E-state index contributed by atoms with van der Waals surface area (Å²) in [6.45, 7) is 4.34. The first-order chi connectivity index (χ1) is 15.7. The van der Waals surface area contributed by atoms with E-state index in [1.165, 1.54) is 12.7 Å². The maximum atomic E-state index is 6.44. The van der Waals surface area contributed by atoms with Gasteiger partial charge in [-0.15, -0.1) is 0 Å². The summed E-state index contributed by atoms with van der Waals surface area (Å²) in [5.74, 6) is 3.15. The molecule has 0 aliphatic carbocycles. The van der Waals surface area contributed by atoms with Crippen molar-refractivity contribution in [2.45, 2.75) is 31.8 Å². The van der Waals surface area contributed by atoms with Crippen LogP contribution in [0.2, 0.25) is 0 Å². The van der Waals surface area contributed by atoms with E-state index in [0.717, 1.165) is 55.4 Å². The molecule has 170 valence electrons. The minimum atomic E-state index is 0.0782. The fraction of sp³-hybridized carbons (Fsp3) is 0.545. The Morgan fingerprint density at radius 1 is 1.09 bits per heavy atom. The normalized spacial score (nSPS) is 18.7. The van der Waals surface area contributed by atoms with E-state index in [9.17, 15) is 0 Å². The Balaban J connectivity index is 1.43. The van der Waals surface area contributed by atoms with Gasteiger partial charge in [0.2, 0.25) is 5.95 Å². The van der Waals surface area contributed by atoms with E-state index in [0.29, 0.717) is 43.3 Å². The molecule has 4 heterocycles. The number of likely N-dealkylation sites (tertiary alicyclic amines) is 1. The summed E-state index contributed by atoms with van der Waals surface area (Å²) in [5, 5.41) is 10.7. The molecule has 0 spiro atoms. The fourth-order valence-electron chi connectivity index (χ4n) is 4.19. The molecule has 32 heavy (non-hydrogen) atoms. The molecule has 0 radical (unpaired) electrons. The van der Waals surface area contributed by atoms with Crippen LogP contribution in [0.4, 0.5) is 11.8 Å². The van der Waals surface area contributed by atoms with Gasteiger partial charge in [0, 0.05) is 25.0 Å². The van der Waals surface area contributed by atoms with Crippen LogP contribution in [0, 0.1) is 5.92 Å². The van der Waals surface area contributed by atoms with Crippen LogP contribution in [0.1, 0.15) is 25.7 Å². The van der Waals surface area contributed by atoms with Gasteiger partial charge < -0.3 is 24.4 Å². The van der Waals surface area contributed by atoms with E-state index in [-0.39, 0.29) is 6.10 Å². The summed E-state index contributed by atoms with van der Waals surface area (Å²) in [6, 6.07) is 3.91. The third-order valence-electron chi connectivity index (χ3n) is 6.11. The van der Waals surface area contributed by atoms with E-state index in [2.05, 4.69) is 42.4 Å². The van der Waals surface area contributed by atoms with Crippen LogP contribution < -0.4 is 14.8 Å². The van der Waals surface area contributed by atoms with Gasteiger partial charge in [0.15, 0.2) is 0 Å². The highest BCUT2D eigenvalue weighted by atomic mass is 16.5. The molecule has 3 aromatic rings. The van der Waals surface area contributed by atoms with E-state index >= 15 is 0 Å². The summed E-state index contributed by atoms with van der Waals surface area (Å²) >= 11 is 0. The summed E-state index contributed by atoms with van der Waals surface area (Å²) in [5.41, 5.74) is 0.755. The van der Waals surface area contributed by atoms with E-state index in [4.69, 9.17) is 14.2 Å². The standard InChI is InChI=1S/C22H29N7O3/c1-29-6-2-15(3-7-29)12-31-17-10-18-20(19(11-17)32-16-4-8-30-9-5-16)21(24-13-23-18)27-22-25-14-26-28-22/h10-11,13-16H,2-9,12H2,1H3,(H2,23,24,25,26,27,28). The van der Waals surface area contributed by atoms with E-state index in [1.807, 2.05) is 12.1 Å². The molecule has 0 bridgehead atoms. The minimum absolute atomic E-state index is 0.0782. The lowest BCUT2D eigenvalue weighted by Crippen LogP contribution is -2.32. The number of benzene rings is 1. The molecule has 1 aromatic carbocycles. The first kappa shape index (κ1) is 20.9. The number of nitrogens with zero attached hydrogens (tertiary/aromatic N) is 5. The quantitative estimate of drug-likeness (QED) is 0.574. The lowest BCUT2D eigenvalue weighted by molar-refractivity contribution is 0.0261. The predicted molar refractivity (Wildman–Crippen MR) is 119 cm³/mol. The second-order valence-corrected chi connectivity index (χ2v) is 8.48. The predicted octanol–water partition coefficient (Wildman–Crippen LogP) is 2.77. The Labute approximate surface area is 186 Å². The van der Waals surface area contributed by atoms with Crippen molar-refractivity contribution in [3.63, 3.8) is 0 Å². The average Bonchev–Trinajstić information content (AvgIpc) is 3.32. The second kappa shape index (κ2) is 9.66.